The van der Waals surface area contributed by atoms with Crippen LogP contribution in [0.3, 0.4) is 0 Å². The highest BCUT2D eigenvalue weighted by Crippen LogP contribution is 2.25. The van der Waals surface area contributed by atoms with Gasteiger partial charge in [0.2, 0.25) is 0 Å². The van der Waals surface area contributed by atoms with Crippen molar-refractivity contribution in [3.63, 3.8) is 0 Å². The summed E-state index contributed by atoms with van der Waals surface area (Å²) in [4.78, 5) is 7.59. The van der Waals surface area contributed by atoms with Gasteiger partial charge in [-0.25, -0.2) is 23.4 Å². The van der Waals surface area contributed by atoms with Crippen molar-refractivity contribution in [1.82, 2.24) is 29.5 Å². The summed E-state index contributed by atoms with van der Waals surface area (Å²) < 4.78 is 29.9. The number of nitrogens with zero attached hydrogens (tertiary/aromatic N) is 6. The lowest BCUT2D eigenvalue weighted by Gasteiger charge is -2.23. The van der Waals surface area contributed by atoms with Crippen LogP contribution in [-0.2, 0) is 6.54 Å². The molecule has 2 unspecified atom stereocenters. The molecule has 1 N–H and O–H groups in total. The molecule has 0 radical (unpaired) electrons. The monoisotopic (exact) mass is 306 g/mol. The van der Waals surface area contributed by atoms with Gasteiger partial charge in [-0.15, -0.1) is 0 Å². The average molecular weight is 306 g/mol. The van der Waals surface area contributed by atoms with Gasteiger partial charge < -0.3 is 5.11 Å². The van der Waals surface area contributed by atoms with Gasteiger partial charge in [0, 0.05) is 11.6 Å². The largest absolute Gasteiger partial charge is 0.389 e. The van der Waals surface area contributed by atoms with E-state index in [1.807, 2.05) is 0 Å². The Bertz CT molecular complexity index is 731. The van der Waals surface area contributed by atoms with Crippen molar-refractivity contribution in [1.29, 1.82) is 0 Å². The van der Waals surface area contributed by atoms with Crippen LogP contribution in [0, 0.1) is 11.6 Å². The van der Waals surface area contributed by atoms with Gasteiger partial charge in [-0.05, 0) is 6.07 Å². The zero-order valence-corrected chi connectivity index (χ0v) is 11.3. The van der Waals surface area contributed by atoms with Gasteiger partial charge in [0.25, 0.3) is 0 Å². The van der Waals surface area contributed by atoms with Crippen LogP contribution in [0.2, 0.25) is 0 Å². The molecule has 0 amide bonds. The van der Waals surface area contributed by atoms with Crippen LogP contribution >= 0.6 is 0 Å². The second-order valence-electron chi connectivity index (χ2n) is 4.67. The molecule has 0 aliphatic heterocycles. The Balaban J connectivity index is 1.97. The maximum Gasteiger partial charge on any atom is 0.137 e. The minimum atomic E-state index is -1.07. The molecule has 22 heavy (non-hydrogen) atoms. The maximum absolute atomic E-state index is 14.1. The number of halogens is 2. The third-order valence-corrected chi connectivity index (χ3v) is 3.21. The maximum atomic E-state index is 14.1. The van der Waals surface area contributed by atoms with E-state index in [-0.39, 0.29) is 12.1 Å². The molecule has 2 atom stereocenters. The number of benzene rings is 1. The summed E-state index contributed by atoms with van der Waals surface area (Å²) in [6, 6.07) is 2.31. The topological polar surface area (TPSA) is 81.6 Å². The number of aliphatic hydroxyl groups is 1. The molecule has 0 fully saturated rings. The van der Waals surface area contributed by atoms with E-state index in [0.717, 1.165) is 12.1 Å². The molecule has 2 heterocycles. The van der Waals surface area contributed by atoms with Gasteiger partial charge in [0.1, 0.15) is 49.1 Å². The number of aromatic nitrogens is 6. The Morgan fingerprint density at radius 3 is 2.50 bits per heavy atom. The van der Waals surface area contributed by atoms with Crippen LogP contribution in [0.15, 0.2) is 43.5 Å². The molecular formula is C13H12F2N6O. The lowest BCUT2D eigenvalue weighted by molar-refractivity contribution is 0.100. The summed E-state index contributed by atoms with van der Waals surface area (Å²) in [7, 11) is 0. The third kappa shape index (κ3) is 2.84. The molecule has 0 saturated heterocycles. The van der Waals surface area contributed by atoms with E-state index in [1.54, 1.807) is 0 Å². The van der Waals surface area contributed by atoms with Crippen molar-refractivity contribution in [2.75, 3.05) is 0 Å². The van der Waals surface area contributed by atoms with Crippen molar-refractivity contribution >= 4 is 0 Å². The summed E-state index contributed by atoms with van der Waals surface area (Å²) in [6.45, 7) is 0.0708. The van der Waals surface area contributed by atoms with Crippen molar-refractivity contribution in [2.45, 2.75) is 18.7 Å². The van der Waals surface area contributed by atoms with Crippen LogP contribution in [0.5, 0.6) is 0 Å². The highest BCUT2D eigenvalue weighted by Gasteiger charge is 2.27. The quantitative estimate of drug-likeness (QED) is 0.754. The first-order chi connectivity index (χ1) is 10.6. The first kappa shape index (κ1) is 14.3. The summed E-state index contributed by atoms with van der Waals surface area (Å²) in [5.41, 5.74) is 0.111. The highest BCUT2D eigenvalue weighted by molar-refractivity contribution is 5.23. The number of aliphatic hydroxyl groups excluding tert-OH is 1. The minimum Gasteiger partial charge on any atom is -0.389 e. The molecule has 3 rings (SSSR count). The lowest BCUT2D eigenvalue weighted by atomic mass is 10.0. The highest BCUT2D eigenvalue weighted by atomic mass is 19.1. The second-order valence-corrected chi connectivity index (χ2v) is 4.67. The molecule has 1 aromatic carbocycles. The van der Waals surface area contributed by atoms with Gasteiger partial charge in [-0.1, -0.05) is 6.07 Å². The Morgan fingerprint density at radius 1 is 1.09 bits per heavy atom. The first-order valence-electron chi connectivity index (χ1n) is 6.44. The van der Waals surface area contributed by atoms with Crippen molar-refractivity contribution < 1.29 is 13.9 Å². The molecule has 7 nitrogen and oxygen atoms in total. The number of rotatable bonds is 5. The second kappa shape index (κ2) is 5.98. The SMILES string of the molecule is OC(Cn1cncn1)C(c1ccc(F)cc1F)n1cncn1. The summed E-state index contributed by atoms with van der Waals surface area (Å²) in [5, 5.41) is 18.3. The molecule has 2 aromatic heterocycles. The Labute approximate surface area is 123 Å². The molecule has 114 valence electrons. The standard InChI is InChI=1S/C13H12F2N6O/c14-9-1-2-10(11(15)3-9)13(21-8-17-6-19-21)12(22)4-20-7-16-5-18-20/h1-3,5-8,12-13,22H,4H2. The molecule has 0 aliphatic carbocycles. The fourth-order valence-corrected chi connectivity index (χ4v) is 2.25. The van der Waals surface area contributed by atoms with Crippen LogP contribution in [0.25, 0.3) is 0 Å². The Hall–Kier alpha value is -2.68. The van der Waals surface area contributed by atoms with Crippen LogP contribution in [0.1, 0.15) is 11.6 Å². The number of hydrogen-bond donors (Lipinski definition) is 1. The van der Waals surface area contributed by atoms with Crippen molar-refractivity contribution in [3.05, 3.63) is 60.7 Å². The van der Waals surface area contributed by atoms with E-state index in [1.165, 1.54) is 40.7 Å². The minimum absolute atomic E-state index is 0.0708. The van der Waals surface area contributed by atoms with Gasteiger partial charge in [-0.3, -0.25) is 4.68 Å². The van der Waals surface area contributed by atoms with E-state index in [0.29, 0.717) is 0 Å². The van der Waals surface area contributed by atoms with E-state index in [9.17, 15) is 13.9 Å². The normalized spacial score (nSPS) is 14.0. The smallest absolute Gasteiger partial charge is 0.137 e. The van der Waals surface area contributed by atoms with Crippen LogP contribution < -0.4 is 0 Å². The molecule has 0 aliphatic rings. The molecule has 9 heteroatoms. The zero-order chi connectivity index (χ0) is 15.5. The van der Waals surface area contributed by atoms with Gasteiger partial charge in [-0.2, -0.15) is 10.2 Å². The fraction of sp³-hybridized carbons (Fsp3) is 0.231. The number of hydrogen-bond acceptors (Lipinski definition) is 5. The summed E-state index contributed by atoms with van der Waals surface area (Å²) in [6.07, 6.45) is 4.33. The van der Waals surface area contributed by atoms with Crippen LogP contribution in [0.4, 0.5) is 8.78 Å². The van der Waals surface area contributed by atoms with E-state index < -0.39 is 23.8 Å². The molecule has 3 aromatic rings. The predicted molar refractivity (Wildman–Crippen MR) is 70.5 cm³/mol. The zero-order valence-electron chi connectivity index (χ0n) is 11.3. The van der Waals surface area contributed by atoms with E-state index in [4.69, 9.17) is 0 Å². The molecule has 0 spiro atoms. The van der Waals surface area contributed by atoms with Crippen LogP contribution in [-0.4, -0.2) is 40.7 Å². The first-order valence-corrected chi connectivity index (χ1v) is 6.44. The van der Waals surface area contributed by atoms with Crippen molar-refractivity contribution in [2.24, 2.45) is 0 Å². The van der Waals surface area contributed by atoms with Gasteiger partial charge in [0.15, 0.2) is 0 Å². The average Bonchev–Trinajstić information content (AvgIpc) is 3.15. The van der Waals surface area contributed by atoms with E-state index in [2.05, 4.69) is 20.2 Å². The summed E-state index contributed by atoms with van der Waals surface area (Å²) in [5.74, 6) is -1.46. The van der Waals surface area contributed by atoms with Gasteiger partial charge in [0.05, 0.1) is 6.54 Å². The lowest BCUT2D eigenvalue weighted by Crippen LogP contribution is -2.30. The van der Waals surface area contributed by atoms with Gasteiger partial charge >= 0.3 is 0 Å². The fourth-order valence-electron chi connectivity index (χ4n) is 2.25. The Kier molecular flexibility index (Phi) is 3.88. The van der Waals surface area contributed by atoms with E-state index >= 15 is 0 Å². The Morgan fingerprint density at radius 2 is 1.86 bits per heavy atom. The predicted octanol–water partition coefficient (Wildman–Crippen LogP) is 0.798. The molecule has 0 bridgehead atoms. The third-order valence-electron chi connectivity index (χ3n) is 3.21. The summed E-state index contributed by atoms with van der Waals surface area (Å²) >= 11 is 0. The van der Waals surface area contributed by atoms with Crippen molar-refractivity contribution in [3.8, 4) is 0 Å². The molecular weight excluding hydrogens is 294 g/mol. The molecule has 0 saturated carbocycles.